The summed E-state index contributed by atoms with van der Waals surface area (Å²) in [6.45, 7) is 5.52. The average molecular weight is 398 g/mol. The van der Waals surface area contributed by atoms with Crippen molar-refractivity contribution in [3.05, 3.63) is 64.7 Å². The number of benzene rings is 2. The fourth-order valence-electron chi connectivity index (χ4n) is 3.13. The van der Waals surface area contributed by atoms with E-state index in [-0.39, 0.29) is 11.6 Å². The van der Waals surface area contributed by atoms with E-state index < -0.39 is 5.79 Å². The summed E-state index contributed by atoms with van der Waals surface area (Å²) in [6, 6.07) is 13.4. The second-order valence-corrected chi connectivity index (χ2v) is 6.81. The highest BCUT2D eigenvalue weighted by Gasteiger charge is 2.33. The SMILES string of the molecule is CNC(=O)/C(=N\OC)c1ccc(COc2ccc(C3(C)OCCO3)cc2C)cc1. The first-order valence-electron chi connectivity index (χ1n) is 9.41. The second kappa shape index (κ2) is 9.07. The monoisotopic (exact) mass is 398 g/mol. The molecule has 154 valence electrons. The van der Waals surface area contributed by atoms with Gasteiger partial charge in [0.05, 0.1) is 13.2 Å². The smallest absolute Gasteiger partial charge is 0.273 e. The van der Waals surface area contributed by atoms with Gasteiger partial charge in [-0.3, -0.25) is 4.79 Å². The maximum atomic E-state index is 11.9. The molecule has 0 bridgehead atoms. The highest BCUT2D eigenvalue weighted by molar-refractivity contribution is 6.45. The molecule has 0 radical (unpaired) electrons. The van der Waals surface area contributed by atoms with Crippen LogP contribution < -0.4 is 10.1 Å². The number of amides is 1. The number of hydrogen-bond donors (Lipinski definition) is 1. The Morgan fingerprint density at radius 2 is 1.86 bits per heavy atom. The Kier molecular flexibility index (Phi) is 6.51. The third kappa shape index (κ3) is 4.75. The number of nitrogens with one attached hydrogen (secondary N) is 1. The lowest BCUT2D eigenvalue weighted by Gasteiger charge is -2.23. The first-order chi connectivity index (χ1) is 14.0. The second-order valence-electron chi connectivity index (χ2n) is 6.81. The molecule has 0 aliphatic carbocycles. The Morgan fingerprint density at radius 3 is 2.45 bits per heavy atom. The van der Waals surface area contributed by atoms with Crippen molar-refractivity contribution in [1.29, 1.82) is 0 Å². The molecule has 1 N–H and O–H groups in total. The van der Waals surface area contributed by atoms with Crippen LogP contribution in [0.4, 0.5) is 0 Å². The molecule has 2 aromatic rings. The van der Waals surface area contributed by atoms with E-state index in [2.05, 4.69) is 10.5 Å². The minimum atomic E-state index is -0.689. The molecule has 0 atom stereocenters. The van der Waals surface area contributed by atoms with Crippen LogP contribution >= 0.6 is 0 Å². The zero-order chi connectivity index (χ0) is 20.9. The van der Waals surface area contributed by atoms with Crippen molar-refractivity contribution in [3.63, 3.8) is 0 Å². The van der Waals surface area contributed by atoms with Crippen LogP contribution in [0.2, 0.25) is 0 Å². The number of ether oxygens (including phenoxy) is 3. The number of carbonyl (C=O) groups is 1. The van der Waals surface area contributed by atoms with Crippen molar-refractivity contribution in [2.75, 3.05) is 27.4 Å². The fourth-order valence-corrected chi connectivity index (χ4v) is 3.13. The standard InChI is InChI=1S/C22H26N2O5/c1-15-13-18(22(2)28-11-12-29-22)9-10-19(15)27-14-16-5-7-17(8-6-16)20(24-26-4)21(25)23-3/h5-10,13H,11-12,14H2,1-4H3,(H,23,25)/b24-20-. The van der Waals surface area contributed by atoms with E-state index in [0.717, 1.165) is 22.4 Å². The van der Waals surface area contributed by atoms with Gasteiger partial charge in [0.2, 0.25) is 0 Å². The van der Waals surface area contributed by atoms with Gasteiger partial charge in [-0.2, -0.15) is 0 Å². The number of carbonyl (C=O) groups excluding carboxylic acids is 1. The van der Waals surface area contributed by atoms with Gasteiger partial charge in [0.25, 0.3) is 5.91 Å². The Morgan fingerprint density at radius 1 is 1.17 bits per heavy atom. The molecule has 0 saturated carbocycles. The van der Waals surface area contributed by atoms with E-state index in [1.807, 2.05) is 56.3 Å². The predicted molar refractivity (Wildman–Crippen MR) is 109 cm³/mol. The van der Waals surface area contributed by atoms with Crippen molar-refractivity contribution in [2.24, 2.45) is 5.16 Å². The van der Waals surface area contributed by atoms with Gasteiger partial charge in [-0.05, 0) is 43.2 Å². The molecule has 0 aromatic heterocycles. The Hall–Kier alpha value is -2.90. The molecule has 1 fully saturated rings. The minimum absolute atomic E-state index is 0.221. The summed E-state index contributed by atoms with van der Waals surface area (Å²) in [5.41, 5.74) is 3.84. The van der Waals surface area contributed by atoms with Crippen molar-refractivity contribution in [3.8, 4) is 5.75 Å². The molecule has 1 heterocycles. The van der Waals surface area contributed by atoms with Gasteiger partial charge in [-0.1, -0.05) is 29.4 Å². The Bertz CT molecular complexity index is 887. The van der Waals surface area contributed by atoms with Crippen LogP contribution in [0.1, 0.15) is 29.2 Å². The quantitative estimate of drug-likeness (QED) is 0.573. The topological polar surface area (TPSA) is 78.4 Å². The normalized spacial score (nSPS) is 15.8. The van der Waals surface area contributed by atoms with E-state index in [1.54, 1.807) is 7.05 Å². The third-order valence-corrected chi connectivity index (χ3v) is 4.78. The summed E-state index contributed by atoms with van der Waals surface area (Å²) in [5, 5.41) is 6.35. The van der Waals surface area contributed by atoms with Crippen LogP contribution in [0.5, 0.6) is 5.75 Å². The van der Waals surface area contributed by atoms with E-state index in [9.17, 15) is 4.79 Å². The first kappa shape index (κ1) is 20.8. The molecule has 2 aromatic carbocycles. The largest absolute Gasteiger partial charge is 0.489 e. The van der Waals surface area contributed by atoms with Crippen LogP contribution in [-0.4, -0.2) is 39.0 Å². The molecule has 0 unspecified atom stereocenters. The number of hydrogen-bond acceptors (Lipinski definition) is 6. The zero-order valence-corrected chi connectivity index (χ0v) is 17.2. The molecule has 1 aliphatic heterocycles. The zero-order valence-electron chi connectivity index (χ0n) is 17.2. The van der Waals surface area contributed by atoms with E-state index >= 15 is 0 Å². The first-order valence-corrected chi connectivity index (χ1v) is 9.41. The molecule has 0 spiro atoms. The summed E-state index contributed by atoms with van der Waals surface area (Å²) in [4.78, 5) is 16.7. The fraction of sp³-hybridized carbons (Fsp3) is 0.364. The maximum Gasteiger partial charge on any atom is 0.273 e. The number of aryl methyl sites for hydroxylation is 1. The summed E-state index contributed by atoms with van der Waals surface area (Å²) < 4.78 is 17.4. The van der Waals surface area contributed by atoms with E-state index in [0.29, 0.717) is 25.4 Å². The van der Waals surface area contributed by atoms with Gasteiger partial charge in [-0.25, -0.2) is 0 Å². The van der Waals surface area contributed by atoms with E-state index in [1.165, 1.54) is 7.11 Å². The van der Waals surface area contributed by atoms with Gasteiger partial charge in [0.1, 0.15) is 19.5 Å². The lowest BCUT2D eigenvalue weighted by atomic mass is 10.0. The average Bonchev–Trinajstić information content (AvgIpc) is 3.19. The molecule has 3 rings (SSSR count). The number of rotatable bonds is 7. The molecular formula is C22H26N2O5. The van der Waals surface area contributed by atoms with Gasteiger partial charge in [0, 0.05) is 18.2 Å². The molecule has 1 aliphatic rings. The molecule has 29 heavy (non-hydrogen) atoms. The van der Waals surface area contributed by atoms with Crippen LogP contribution in [0.15, 0.2) is 47.6 Å². The van der Waals surface area contributed by atoms with E-state index in [4.69, 9.17) is 19.0 Å². The number of nitrogens with zero attached hydrogens (tertiary/aromatic N) is 1. The lowest BCUT2D eigenvalue weighted by molar-refractivity contribution is -0.149. The Labute approximate surface area is 170 Å². The number of likely N-dealkylation sites (N-methyl/N-ethyl adjacent to an activating group) is 1. The van der Waals surface area contributed by atoms with Crippen LogP contribution in [0.3, 0.4) is 0 Å². The molecular weight excluding hydrogens is 372 g/mol. The number of oxime groups is 1. The van der Waals surface area contributed by atoms with Crippen molar-refractivity contribution in [2.45, 2.75) is 26.2 Å². The summed E-state index contributed by atoms with van der Waals surface area (Å²) in [7, 11) is 2.96. The van der Waals surface area contributed by atoms with Gasteiger partial charge in [-0.15, -0.1) is 0 Å². The highest BCUT2D eigenvalue weighted by Crippen LogP contribution is 2.33. The minimum Gasteiger partial charge on any atom is -0.489 e. The lowest BCUT2D eigenvalue weighted by Crippen LogP contribution is -2.28. The predicted octanol–water partition coefficient (Wildman–Crippen LogP) is 2.89. The molecule has 7 heteroatoms. The van der Waals surface area contributed by atoms with Crippen molar-refractivity contribution >= 4 is 11.6 Å². The van der Waals surface area contributed by atoms with Crippen LogP contribution in [0, 0.1) is 6.92 Å². The molecule has 7 nitrogen and oxygen atoms in total. The third-order valence-electron chi connectivity index (χ3n) is 4.78. The van der Waals surface area contributed by atoms with Crippen LogP contribution in [-0.2, 0) is 31.5 Å². The van der Waals surface area contributed by atoms with Crippen molar-refractivity contribution in [1.82, 2.24) is 5.32 Å². The summed E-state index contributed by atoms with van der Waals surface area (Å²) in [6.07, 6.45) is 0. The van der Waals surface area contributed by atoms with Gasteiger partial charge < -0.3 is 24.4 Å². The summed E-state index contributed by atoms with van der Waals surface area (Å²) in [5.74, 6) is -0.201. The molecule has 1 amide bonds. The van der Waals surface area contributed by atoms with Crippen LogP contribution in [0.25, 0.3) is 0 Å². The Balaban J connectivity index is 1.67. The van der Waals surface area contributed by atoms with Crippen molar-refractivity contribution < 1.29 is 23.8 Å². The highest BCUT2D eigenvalue weighted by atomic mass is 16.7. The summed E-state index contributed by atoms with van der Waals surface area (Å²) >= 11 is 0. The molecule has 1 saturated heterocycles. The van der Waals surface area contributed by atoms with Gasteiger partial charge in [0.15, 0.2) is 11.5 Å². The van der Waals surface area contributed by atoms with Gasteiger partial charge >= 0.3 is 0 Å². The maximum absolute atomic E-state index is 11.9.